The smallest absolute Gasteiger partial charge is 0.176 e. The molecule has 0 saturated carbocycles. The van der Waals surface area contributed by atoms with E-state index in [0.29, 0.717) is 11.7 Å². The fourth-order valence-corrected chi connectivity index (χ4v) is 0.736. The zero-order chi connectivity index (χ0) is 9.84. The number of rotatable bonds is 3. The Balaban J connectivity index is 2.96. The molecule has 1 rings (SSSR count). The molecule has 0 bridgehead atoms. The van der Waals surface area contributed by atoms with Gasteiger partial charge in [0.05, 0.1) is 0 Å². The minimum atomic E-state index is 0.431. The third-order valence-corrected chi connectivity index (χ3v) is 1.84. The van der Waals surface area contributed by atoms with E-state index >= 15 is 0 Å². The van der Waals surface area contributed by atoms with Crippen LogP contribution in [0.25, 0.3) is 6.08 Å². The lowest BCUT2D eigenvalue weighted by molar-refractivity contribution is 0.803. The van der Waals surface area contributed by atoms with Gasteiger partial charge in [-0.2, -0.15) is 5.10 Å². The Hall–Kier alpha value is -1.45. The minimum Gasteiger partial charge on any atom is -0.201 e. The lowest BCUT2D eigenvalue weighted by Gasteiger charge is -2.03. The van der Waals surface area contributed by atoms with Crippen LogP contribution in [0.4, 0.5) is 0 Å². The van der Waals surface area contributed by atoms with Gasteiger partial charge in [0.15, 0.2) is 5.82 Å². The molecule has 0 aliphatic carbocycles. The predicted octanol–water partition coefficient (Wildman–Crippen LogP) is 1.80. The van der Waals surface area contributed by atoms with Crippen molar-refractivity contribution in [1.82, 2.24) is 14.9 Å². The van der Waals surface area contributed by atoms with Gasteiger partial charge < -0.3 is 0 Å². The van der Waals surface area contributed by atoms with Gasteiger partial charge in [-0.25, -0.2) is 4.68 Å². The first-order valence-electron chi connectivity index (χ1n) is 4.23. The Kier molecular flexibility index (Phi) is 2.95. The second-order valence-corrected chi connectivity index (χ2v) is 3.13. The lowest BCUT2D eigenvalue weighted by atomic mass is 10.1. The van der Waals surface area contributed by atoms with Crippen LogP contribution in [0.15, 0.2) is 18.0 Å². The molecule has 1 aromatic heterocycles. The van der Waals surface area contributed by atoms with Crippen LogP contribution in [0.3, 0.4) is 0 Å². The van der Waals surface area contributed by atoms with Gasteiger partial charge in [-0.1, -0.05) is 20.4 Å². The third kappa shape index (κ3) is 2.24. The highest BCUT2D eigenvalue weighted by Crippen LogP contribution is 2.01. The molecule has 0 radical (unpaired) electrons. The van der Waals surface area contributed by atoms with Crippen molar-refractivity contribution < 1.29 is 0 Å². The summed E-state index contributed by atoms with van der Waals surface area (Å²) >= 11 is 0. The van der Waals surface area contributed by atoms with Gasteiger partial charge >= 0.3 is 0 Å². The summed E-state index contributed by atoms with van der Waals surface area (Å²) < 4.78 is 1.63. The Morgan fingerprint density at radius 1 is 1.69 bits per heavy atom. The summed E-state index contributed by atoms with van der Waals surface area (Å²) in [7, 11) is 0. The number of hydrogen-bond donors (Lipinski definition) is 0. The highest BCUT2D eigenvalue weighted by atomic mass is 15.4. The number of aromatic nitrogens is 3. The van der Waals surface area contributed by atoms with E-state index in [1.165, 1.54) is 0 Å². The molecule has 0 fully saturated rings. The zero-order valence-electron chi connectivity index (χ0n) is 8.23. The molecule has 0 unspecified atom stereocenters. The van der Waals surface area contributed by atoms with E-state index in [1.54, 1.807) is 17.1 Å². The first-order chi connectivity index (χ1) is 6.15. The molecule has 0 saturated heterocycles. The Morgan fingerprint density at radius 2 is 2.38 bits per heavy atom. The first kappa shape index (κ1) is 9.64. The van der Waals surface area contributed by atoms with Gasteiger partial charge in [0.2, 0.25) is 0 Å². The van der Waals surface area contributed by atoms with Crippen LogP contribution in [0.5, 0.6) is 0 Å². The Morgan fingerprint density at radius 3 is 2.92 bits per heavy atom. The fourth-order valence-electron chi connectivity index (χ4n) is 0.736. The molecule has 0 aliphatic heterocycles. The largest absolute Gasteiger partial charge is 0.201 e. The molecule has 0 atom stereocenters. The fraction of sp³-hybridized carbons (Fsp3) is 0.444. The number of hydrogen-bond acceptors (Lipinski definition) is 3. The molecule has 70 valence electrons. The van der Waals surface area contributed by atoms with Gasteiger partial charge in [0.1, 0.15) is 6.33 Å². The summed E-state index contributed by atoms with van der Waals surface area (Å²) in [6, 6.07) is 0. The van der Waals surface area contributed by atoms with Gasteiger partial charge in [-0.3, -0.25) is 0 Å². The standard InChI is InChI=1S/C9H14N4/c1-5-9-11-10-6-13(9)12-8(4)7(2)3/h5-7H,1H2,2-4H3/b12-8+. The number of nitrogens with zero attached hydrogens (tertiary/aromatic N) is 4. The average molecular weight is 178 g/mol. The molecule has 1 heterocycles. The Bertz CT molecular complexity index is 322. The van der Waals surface area contributed by atoms with E-state index in [1.807, 2.05) is 6.92 Å². The van der Waals surface area contributed by atoms with Crippen LogP contribution in [0.1, 0.15) is 26.6 Å². The molecule has 4 heteroatoms. The van der Waals surface area contributed by atoms with Gasteiger partial charge in [0, 0.05) is 5.71 Å². The van der Waals surface area contributed by atoms with Crippen molar-refractivity contribution in [1.29, 1.82) is 0 Å². The van der Waals surface area contributed by atoms with E-state index < -0.39 is 0 Å². The van der Waals surface area contributed by atoms with Crippen molar-refractivity contribution in [2.75, 3.05) is 0 Å². The van der Waals surface area contributed by atoms with E-state index in [2.05, 4.69) is 35.7 Å². The SMILES string of the molecule is C=Cc1nncn1/N=C(\C)C(C)C. The van der Waals surface area contributed by atoms with Crippen LogP contribution in [-0.4, -0.2) is 20.6 Å². The van der Waals surface area contributed by atoms with E-state index in [9.17, 15) is 0 Å². The van der Waals surface area contributed by atoms with E-state index in [-0.39, 0.29) is 0 Å². The predicted molar refractivity (Wildman–Crippen MR) is 53.5 cm³/mol. The molecule has 13 heavy (non-hydrogen) atoms. The van der Waals surface area contributed by atoms with Crippen molar-refractivity contribution in [3.8, 4) is 0 Å². The second kappa shape index (κ2) is 3.98. The first-order valence-corrected chi connectivity index (χ1v) is 4.23. The topological polar surface area (TPSA) is 43.1 Å². The zero-order valence-corrected chi connectivity index (χ0v) is 8.23. The maximum Gasteiger partial charge on any atom is 0.176 e. The van der Waals surface area contributed by atoms with Crippen molar-refractivity contribution >= 4 is 11.8 Å². The second-order valence-electron chi connectivity index (χ2n) is 3.13. The molecule has 0 aliphatic rings. The summed E-state index contributed by atoms with van der Waals surface area (Å²) in [5.41, 5.74) is 1.04. The molecule has 0 amide bonds. The molecule has 0 N–H and O–H groups in total. The van der Waals surface area contributed by atoms with Gasteiger partial charge in [0.25, 0.3) is 0 Å². The third-order valence-electron chi connectivity index (χ3n) is 1.84. The lowest BCUT2D eigenvalue weighted by Crippen LogP contribution is -2.05. The summed E-state index contributed by atoms with van der Waals surface area (Å²) in [5.74, 6) is 1.10. The maximum absolute atomic E-state index is 4.33. The van der Waals surface area contributed by atoms with Crippen LogP contribution in [-0.2, 0) is 0 Å². The average Bonchev–Trinajstić information content (AvgIpc) is 2.51. The normalized spacial score (nSPS) is 12.2. The molecular formula is C9H14N4. The van der Waals surface area contributed by atoms with Crippen molar-refractivity contribution in [3.05, 3.63) is 18.7 Å². The van der Waals surface area contributed by atoms with Gasteiger partial charge in [-0.05, 0) is 18.9 Å². The summed E-state index contributed by atoms with van der Waals surface area (Å²) in [4.78, 5) is 0. The molecule has 0 spiro atoms. The van der Waals surface area contributed by atoms with Gasteiger partial charge in [-0.15, -0.1) is 10.2 Å². The summed E-state index contributed by atoms with van der Waals surface area (Å²) in [6.45, 7) is 9.80. The van der Waals surface area contributed by atoms with Crippen molar-refractivity contribution in [2.24, 2.45) is 11.0 Å². The Labute approximate surface area is 78.0 Å². The highest BCUT2D eigenvalue weighted by Gasteiger charge is 2.01. The molecule has 0 aromatic carbocycles. The summed E-state index contributed by atoms with van der Waals surface area (Å²) in [5, 5.41) is 11.9. The van der Waals surface area contributed by atoms with Crippen LogP contribution in [0.2, 0.25) is 0 Å². The van der Waals surface area contributed by atoms with Crippen LogP contribution >= 0.6 is 0 Å². The van der Waals surface area contributed by atoms with E-state index in [4.69, 9.17) is 0 Å². The highest BCUT2D eigenvalue weighted by molar-refractivity contribution is 5.83. The van der Waals surface area contributed by atoms with Crippen molar-refractivity contribution in [2.45, 2.75) is 20.8 Å². The van der Waals surface area contributed by atoms with Crippen LogP contribution in [0, 0.1) is 5.92 Å². The maximum atomic E-state index is 4.33. The van der Waals surface area contributed by atoms with E-state index in [0.717, 1.165) is 5.71 Å². The van der Waals surface area contributed by atoms with Crippen LogP contribution < -0.4 is 0 Å². The monoisotopic (exact) mass is 178 g/mol. The molecule has 1 aromatic rings. The quantitative estimate of drug-likeness (QED) is 0.662. The summed E-state index contributed by atoms with van der Waals surface area (Å²) in [6.07, 6.45) is 3.20. The minimum absolute atomic E-state index is 0.431. The molecular weight excluding hydrogens is 164 g/mol. The molecule has 4 nitrogen and oxygen atoms in total. The van der Waals surface area contributed by atoms with Crippen molar-refractivity contribution in [3.63, 3.8) is 0 Å².